The van der Waals surface area contributed by atoms with Gasteiger partial charge in [0.25, 0.3) is 5.91 Å². The van der Waals surface area contributed by atoms with E-state index in [4.69, 9.17) is 9.47 Å². The number of unbranched alkanes of at least 4 members (excludes halogenated alkanes) is 3. The minimum Gasteiger partial charge on any atom is -0.481 e. The van der Waals surface area contributed by atoms with E-state index in [1.165, 1.54) is 4.90 Å². The quantitative estimate of drug-likeness (QED) is 0.193. The normalized spacial score (nSPS) is 13.2. The molecule has 244 valence electrons. The fourth-order valence-corrected chi connectivity index (χ4v) is 5.18. The fourth-order valence-electron chi connectivity index (χ4n) is 5.18. The summed E-state index contributed by atoms with van der Waals surface area (Å²) < 4.78 is 11.2. The number of benzene rings is 3. The number of amides is 3. The molecule has 2 N–H and O–H groups in total. The Bertz CT molecular complexity index is 1520. The van der Waals surface area contributed by atoms with E-state index in [1.54, 1.807) is 4.90 Å². The lowest BCUT2D eigenvalue weighted by molar-refractivity contribution is -0.137. The van der Waals surface area contributed by atoms with Gasteiger partial charge >= 0.3 is 12.1 Å². The molecule has 0 atom stereocenters. The van der Waals surface area contributed by atoms with Crippen LogP contribution in [0.5, 0.6) is 11.5 Å². The van der Waals surface area contributed by atoms with Crippen molar-refractivity contribution < 1.29 is 33.8 Å². The summed E-state index contributed by atoms with van der Waals surface area (Å²) in [6, 6.07) is 22.5. The number of anilines is 1. The summed E-state index contributed by atoms with van der Waals surface area (Å²) in [7, 11) is 0. The number of fused-ring (bicyclic) bond motifs is 1. The Kier molecular flexibility index (Phi) is 11.8. The highest BCUT2D eigenvalue weighted by atomic mass is 16.6. The molecule has 10 nitrogen and oxygen atoms in total. The van der Waals surface area contributed by atoms with Gasteiger partial charge in [-0.2, -0.15) is 0 Å². The minimum absolute atomic E-state index is 0.0604. The van der Waals surface area contributed by atoms with Gasteiger partial charge in [-0.25, -0.2) is 4.79 Å². The summed E-state index contributed by atoms with van der Waals surface area (Å²) in [4.78, 5) is 53.3. The Morgan fingerprint density at radius 3 is 2.35 bits per heavy atom. The van der Waals surface area contributed by atoms with Crippen molar-refractivity contribution in [3.05, 3.63) is 89.5 Å². The van der Waals surface area contributed by atoms with Gasteiger partial charge in [0.1, 0.15) is 23.6 Å². The number of carbonyl (C=O) groups excluding carboxylic acids is 3. The largest absolute Gasteiger partial charge is 0.481 e. The van der Waals surface area contributed by atoms with Crippen LogP contribution in [0.1, 0.15) is 74.4 Å². The molecular formula is C36H43N3O7. The molecule has 0 saturated heterocycles. The third-order valence-electron chi connectivity index (χ3n) is 7.37. The summed E-state index contributed by atoms with van der Waals surface area (Å²) in [6.07, 6.45) is 3.65. The number of aliphatic carboxylic acids is 1. The molecule has 3 aromatic rings. The summed E-state index contributed by atoms with van der Waals surface area (Å²) in [5.41, 5.74) is 2.14. The van der Waals surface area contributed by atoms with Crippen LogP contribution in [-0.4, -0.2) is 59.1 Å². The van der Waals surface area contributed by atoms with E-state index in [1.807, 2.05) is 93.6 Å². The van der Waals surface area contributed by atoms with Crippen LogP contribution in [-0.2, 0) is 27.3 Å². The first-order chi connectivity index (χ1) is 22.0. The van der Waals surface area contributed by atoms with E-state index >= 15 is 0 Å². The zero-order valence-corrected chi connectivity index (χ0v) is 26.8. The lowest BCUT2D eigenvalue weighted by Gasteiger charge is -2.23. The highest BCUT2D eigenvalue weighted by Crippen LogP contribution is 2.30. The lowest BCUT2D eigenvalue weighted by atomic mass is 10.0. The number of carbonyl (C=O) groups is 4. The molecule has 1 aliphatic heterocycles. The van der Waals surface area contributed by atoms with E-state index in [0.29, 0.717) is 29.3 Å². The smallest absolute Gasteiger partial charge is 0.407 e. The standard InChI is InChI=1S/C36H43N3O7/c1-36(2,3)46-35(44)37-20-10-5-4-7-12-26-17-18-31-30(23-26)34(43)38(21-19-33(41)42)25-32(40)39(31)24-27-13-11-16-29(22-27)45-28-14-8-6-9-15-28/h6,8-9,11,13-18,22-23H,4-5,7,10,12,19-21,24-25H2,1-3H3,(H,37,44)(H,41,42). The van der Waals surface area contributed by atoms with Crippen LogP contribution in [0.4, 0.5) is 10.5 Å². The molecule has 0 saturated carbocycles. The molecule has 0 bridgehead atoms. The summed E-state index contributed by atoms with van der Waals surface area (Å²) in [5.74, 6) is -0.364. The molecule has 0 unspecified atom stereocenters. The zero-order chi connectivity index (χ0) is 33.1. The monoisotopic (exact) mass is 629 g/mol. The molecule has 4 rings (SSSR count). The van der Waals surface area contributed by atoms with Crippen molar-refractivity contribution in [1.82, 2.24) is 10.2 Å². The van der Waals surface area contributed by atoms with Crippen molar-refractivity contribution in [1.29, 1.82) is 0 Å². The summed E-state index contributed by atoms with van der Waals surface area (Å²) >= 11 is 0. The maximum Gasteiger partial charge on any atom is 0.407 e. The average Bonchev–Trinajstić information content (AvgIpc) is 3.09. The Balaban J connectivity index is 1.44. The molecule has 3 aromatic carbocycles. The molecular weight excluding hydrogens is 586 g/mol. The van der Waals surface area contributed by atoms with Crippen LogP contribution in [0.2, 0.25) is 0 Å². The van der Waals surface area contributed by atoms with Gasteiger partial charge < -0.3 is 29.7 Å². The molecule has 0 fully saturated rings. The number of nitrogens with zero attached hydrogens (tertiary/aromatic N) is 2. The number of rotatable bonds is 14. The van der Waals surface area contributed by atoms with E-state index < -0.39 is 17.7 Å². The fraction of sp³-hybridized carbons (Fsp3) is 0.389. The van der Waals surface area contributed by atoms with Gasteiger partial charge in [-0.1, -0.05) is 49.2 Å². The molecule has 1 aliphatic rings. The number of hydrogen-bond donors (Lipinski definition) is 2. The van der Waals surface area contributed by atoms with Crippen molar-refractivity contribution in [2.45, 2.75) is 71.4 Å². The number of aryl methyl sites for hydroxylation is 1. The first-order valence-corrected chi connectivity index (χ1v) is 15.7. The third kappa shape index (κ3) is 10.4. The van der Waals surface area contributed by atoms with Crippen LogP contribution in [0, 0.1) is 0 Å². The van der Waals surface area contributed by atoms with Crippen LogP contribution >= 0.6 is 0 Å². The van der Waals surface area contributed by atoms with Gasteiger partial charge in [-0.15, -0.1) is 0 Å². The summed E-state index contributed by atoms with van der Waals surface area (Å²) in [5, 5.41) is 12.0. The van der Waals surface area contributed by atoms with E-state index in [-0.39, 0.29) is 37.9 Å². The van der Waals surface area contributed by atoms with E-state index in [0.717, 1.165) is 43.2 Å². The van der Waals surface area contributed by atoms with Gasteiger partial charge in [-0.3, -0.25) is 14.4 Å². The van der Waals surface area contributed by atoms with Crippen molar-refractivity contribution in [2.75, 3.05) is 24.5 Å². The first kappa shape index (κ1) is 34.0. The number of ether oxygens (including phenoxy) is 2. The zero-order valence-electron chi connectivity index (χ0n) is 26.8. The average molecular weight is 630 g/mol. The lowest BCUT2D eigenvalue weighted by Crippen LogP contribution is -2.40. The predicted molar refractivity (Wildman–Crippen MR) is 175 cm³/mol. The maximum absolute atomic E-state index is 13.7. The highest BCUT2D eigenvalue weighted by Gasteiger charge is 2.32. The van der Waals surface area contributed by atoms with Crippen molar-refractivity contribution in [2.24, 2.45) is 0 Å². The second-order valence-electron chi connectivity index (χ2n) is 12.4. The molecule has 0 radical (unpaired) electrons. The second-order valence-corrected chi connectivity index (χ2v) is 12.4. The SMILES string of the molecule is CC(C)(C)OC(=O)NCCCCCCc1ccc2c(c1)C(=O)N(CCC(=O)O)CC(=O)N2Cc1cccc(Oc2ccccc2)c1. The van der Waals surface area contributed by atoms with Gasteiger partial charge in [0.15, 0.2) is 0 Å². The van der Waals surface area contributed by atoms with Crippen molar-refractivity contribution >= 4 is 29.6 Å². The van der Waals surface area contributed by atoms with Gasteiger partial charge in [0, 0.05) is 13.1 Å². The minimum atomic E-state index is -1.04. The highest BCUT2D eigenvalue weighted by molar-refractivity contribution is 6.09. The van der Waals surface area contributed by atoms with Gasteiger partial charge in [-0.05, 0) is 87.6 Å². The molecule has 3 amide bonds. The van der Waals surface area contributed by atoms with Crippen molar-refractivity contribution in [3.63, 3.8) is 0 Å². The first-order valence-electron chi connectivity index (χ1n) is 15.7. The van der Waals surface area contributed by atoms with Gasteiger partial charge in [0.2, 0.25) is 5.91 Å². The second kappa shape index (κ2) is 15.9. The molecule has 10 heteroatoms. The molecule has 0 aliphatic carbocycles. The molecule has 1 heterocycles. The van der Waals surface area contributed by atoms with Crippen LogP contribution < -0.4 is 15.0 Å². The number of hydrogen-bond acceptors (Lipinski definition) is 6. The topological polar surface area (TPSA) is 125 Å². The van der Waals surface area contributed by atoms with Crippen molar-refractivity contribution in [3.8, 4) is 11.5 Å². The Labute approximate surface area is 270 Å². The molecule has 0 aromatic heterocycles. The Hall–Kier alpha value is -4.86. The molecule has 0 spiro atoms. The number of nitrogens with one attached hydrogen (secondary N) is 1. The number of para-hydroxylation sites is 1. The summed E-state index contributed by atoms with van der Waals surface area (Å²) in [6.45, 7) is 5.96. The third-order valence-corrected chi connectivity index (χ3v) is 7.37. The van der Waals surface area contributed by atoms with E-state index in [2.05, 4.69) is 5.32 Å². The number of alkyl carbamates (subject to hydrolysis) is 1. The van der Waals surface area contributed by atoms with Gasteiger partial charge in [0.05, 0.1) is 24.2 Å². The predicted octanol–water partition coefficient (Wildman–Crippen LogP) is 6.57. The Morgan fingerprint density at radius 2 is 1.61 bits per heavy atom. The van der Waals surface area contributed by atoms with Crippen LogP contribution in [0.15, 0.2) is 72.8 Å². The maximum atomic E-state index is 13.7. The van der Waals surface area contributed by atoms with Crippen LogP contribution in [0.25, 0.3) is 0 Å². The van der Waals surface area contributed by atoms with Crippen LogP contribution in [0.3, 0.4) is 0 Å². The number of carboxylic acids is 1. The van der Waals surface area contributed by atoms with E-state index in [9.17, 15) is 24.3 Å². The Morgan fingerprint density at radius 1 is 0.870 bits per heavy atom. The number of carboxylic acid groups (broad SMARTS) is 1. The molecule has 46 heavy (non-hydrogen) atoms.